The third kappa shape index (κ3) is 3.33. The smallest absolute Gasteiger partial charge is 0.309 e. The fraction of sp³-hybridized carbons (Fsp3) is 0.714. The van der Waals surface area contributed by atoms with Crippen LogP contribution in [-0.4, -0.2) is 48.2 Å². The van der Waals surface area contributed by atoms with Crippen LogP contribution in [0.4, 0.5) is 0 Å². The zero-order valence-electron chi connectivity index (χ0n) is 13.3. The molecule has 22 heavy (non-hydrogen) atoms. The molecule has 0 bridgehead atoms. The van der Waals surface area contributed by atoms with Crippen LogP contribution in [0.15, 0.2) is 11.1 Å². The second kappa shape index (κ2) is 6.78. The monoisotopic (exact) mass is 329 g/mol. The minimum absolute atomic E-state index is 0.203. The number of aromatic nitrogens is 2. The lowest BCUT2D eigenvalue weighted by molar-refractivity contribution is -0.149. The molecule has 0 N–H and O–H groups in total. The molecule has 1 aliphatic rings. The van der Waals surface area contributed by atoms with Gasteiger partial charge >= 0.3 is 5.97 Å². The van der Waals surface area contributed by atoms with Crippen LogP contribution in [-0.2, 0) is 26.1 Å². The van der Waals surface area contributed by atoms with E-state index >= 15 is 0 Å². The number of aryl methyl sites for hydroxylation is 2. The van der Waals surface area contributed by atoms with E-state index in [1.54, 1.807) is 24.7 Å². The lowest BCUT2D eigenvalue weighted by Crippen LogP contribution is -2.40. The van der Waals surface area contributed by atoms with E-state index in [1.807, 2.05) is 6.92 Å². The van der Waals surface area contributed by atoms with Crippen molar-refractivity contribution in [2.75, 3.05) is 19.7 Å². The van der Waals surface area contributed by atoms with Crippen molar-refractivity contribution >= 4 is 16.0 Å². The van der Waals surface area contributed by atoms with Crippen molar-refractivity contribution in [3.05, 3.63) is 11.9 Å². The average Bonchev–Trinajstić information content (AvgIpc) is 2.89. The number of hydrogen-bond acceptors (Lipinski definition) is 5. The van der Waals surface area contributed by atoms with Crippen molar-refractivity contribution < 1.29 is 17.9 Å². The summed E-state index contributed by atoms with van der Waals surface area (Å²) >= 11 is 0. The zero-order valence-corrected chi connectivity index (χ0v) is 14.1. The Kier molecular flexibility index (Phi) is 5.23. The zero-order chi connectivity index (χ0) is 16.3. The van der Waals surface area contributed by atoms with Gasteiger partial charge in [-0.3, -0.25) is 9.48 Å². The van der Waals surface area contributed by atoms with Crippen LogP contribution >= 0.6 is 0 Å². The molecule has 0 unspecified atom stereocenters. The van der Waals surface area contributed by atoms with Crippen LogP contribution in [0.3, 0.4) is 0 Å². The second-order valence-corrected chi connectivity index (χ2v) is 7.27. The normalized spacial score (nSPS) is 17.6. The first-order chi connectivity index (χ1) is 10.4. The largest absolute Gasteiger partial charge is 0.466 e. The molecule has 1 fully saturated rings. The molecule has 1 aromatic heterocycles. The maximum absolute atomic E-state index is 12.7. The standard InChI is InChI=1S/C14H23N3O4S/c1-4-16-10-13(11(3)15-16)22(19,20)17-8-6-12(7-9-17)14(18)21-5-2/h10,12H,4-9H2,1-3H3. The Bertz CT molecular complexity index is 631. The SMILES string of the molecule is CCOC(=O)C1CCN(S(=O)(=O)c2cn(CC)nc2C)CC1. The summed E-state index contributed by atoms with van der Waals surface area (Å²) in [7, 11) is -3.55. The summed E-state index contributed by atoms with van der Waals surface area (Å²) in [6, 6.07) is 0. The molecule has 0 aromatic carbocycles. The molecule has 124 valence electrons. The number of carbonyl (C=O) groups is 1. The molecular formula is C14H23N3O4S. The first-order valence-corrected chi connectivity index (χ1v) is 9.05. The predicted octanol–water partition coefficient (Wildman–Crippen LogP) is 1.18. The van der Waals surface area contributed by atoms with Crippen molar-refractivity contribution in [1.82, 2.24) is 14.1 Å². The molecular weight excluding hydrogens is 306 g/mol. The molecule has 2 heterocycles. The molecule has 0 atom stereocenters. The Hall–Kier alpha value is -1.41. The Labute approximate surface area is 131 Å². The molecule has 0 spiro atoms. The van der Waals surface area contributed by atoms with Crippen LogP contribution in [0.5, 0.6) is 0 Å². The Balaban J connectivity index is 2.09. The summed E-state index contributed by atoms with van der Waals surface area (Å²) in [6.45, 7) is 7.03. The van der Waals surface area contributed by atoms with Crippen molar-refractivity contribution in [3.63, 3.8) is 0 Å². The molecule has 0 radical (unpaired) electrons. The number of carbonyl (C=O) groups excluding carboxylic acids is 1. The van der Waals surface area contributed by atoms with E-state index in [9.17, 15) is 13.2 Å². The number of esters is 1. The number of rotatable bonds is 5. The quantitative estimate of drug-likeness (QED) is 0.758. The van der Waals surface area contributed by atoms with Crippen LogP contribution in [0.2, 0.25) is 0 Å². The Morgan fingerprint density at radius 1 is 1.36 bits per heavy atom. The van der Waals surface area contributed by atoms with E-state index in [1.165, 1.54) is 4.31 Å². The maximum Gasteiger partial charge on any atom is 0.309 e. The van der Waals surface area contributed by atoms with Gasteiger partial charge in [0.1, 0.15) is 4.90 Å². The molecule has 1 aromatic rings. The summed E-state index contributed by atoms with van der Waals surface area (Å²) in [4.78, 5) is 12.0. The van der Waals surface area contributed by atoms with Gasteiger partial charge in [-0.2, -0.15) is 9.40 Å². The first kappa shape index (κ1) is 17.0. The highest BCUT2D eigenvalue weighted by atomic mass is 32.2. The third-order valence-corrected chi connectivity index (χ3v) is 5.92. The van der Waals surface area contributed by atoms with Crippen LogP contribution < -0.4 is 0 Å². The molecule has 1 aliphatic heterocycles. The number of nitrogens with zero attached hydrogens (tertiary/aromatic N) is 3. The lowest BCUT2D eigenvalue weighted by Gasteiger charge is -2.29. The van der Waals surface area contributed by atoms with Gasteiger partial charge in [-0.1, -0.05) is 0 Å². The molecule has 0 aliphatic carbocycles. The van der Waals surface area contributed by atoms with Gasteiger partial charge in [-0.05, 0) is 33.6 Å². The third-order valence-electron chi connectivity index (χ3n) is 3.92. The van der Waals surface area contributed by atoms with Gasteiger partial charge < -0.3 is 4.74 Å². The Morgan fingerprint density at radius 3 is 2.50 bits per heavy atom. The maximum atomic E-state index is 12.7. The topological polar surface area (TPSA) is 81.5 Å². The van der Waals surface area contributed by atoms with Gasteiger partial charge in [0.05, 0.1) is 18.2 Å². The number of ether oxygens (including phenoxy) is 1. The minimum atomic E-state index is -3.55. The van der Waals surface area contributed by atoms with Crippen LogP contribution in [0.1, 0.15) is 32.4 Å². The highest BCUT2D eigenvalue weighted by Crippen LogP contribution is 2.25. The molecule has 2 rings (SSSR count). The van der Waals surface area contributed by atoms with Crippen molar-refractivity contribution in [2.24, 2.45) is 5.92 Å². The van der Waals surface area contributed by atoms with Crippen molar-refractivity contribution in [3.8, 4) is 0 Å². The van der Waals surface area contributed by atoms with E-state index < -0.39 is 10.0 Å². The lowest BCUT2D eigenvalue weighted by atomic mass is 9.98. The molecule has 8 heteroatoms. The first-order valence-electron chi connectivity index (χ1n) is 7.61. The summed E-state index contributed by atoms with van der Waals surface area (Å²) in [5.74, 6) is -0.430. The minimum Gasteiger partial charge on any atom is -0.466 e. The van der Waals surface area contributed by atoms with Gasteiger partial charge in [0.25, 0.3) is 0 Å². The molecule has 7 nitrogen and oxygen atoms in total. The van der Waals surface area contributed by atoms with Gasteiger partial charge in [-0.15, -0.1) is 0 Å². The fourth-order valence-electron chi connectivity index (χ4n) is 2.65. The van der Waals surface area contributed by atoms with Crippen LogP contribution in [0, 0.1) is 12.8 Å². The van der Waals surface area contributed by atoms with Crippen LogP contribution in [0.25, 0.3) is 0 Å². The van der Waals surface area contributed by atoms with Crippen molar-refractivity contribution in [1.29, 1.82) is 0 Å². The molecule has 1 saturated heterocycles. The second-order valence-electron chi connectivity index (χ2n) is 5.36. The average molecular weight is 329 g/mol. The molecule has 0 amide bonds. The summed E-state index contributed by atoms with van der Waals surface area (Å²) in [6.07, 6.45) is 2.57. The van der Waals surface area contributed by atoms with Gasteiger partial charge in [0.15, 0.2) is 0 Å². The predicted molar refractivity (Wildman–Crippen MR) is 80.8 cm³/mol. The Morgan fingerprint density at radius 2 is 2.00 bits per heavy atom. The van der Waals surface area contributed by atoms with E-state index in [0.29, 0.717) is 44.8 Å². The fourth-order valence-corrected chi connectivity index (χ4v) is 4.28. The van der Waals surface area contributed by atoms with E-state index in [4.69, 9.17) is 4.74 Å². The van der Waals surface area contributed by atoms with Gasteiger partial charge in [0.2, 0.25) is 10.0 Å². The number of hydrogen-bond donors (Lipinski definition) is 0. The highest BCUT2D eigenvalue weighted by Gasteiger charge is 2.34. The van der Waals surface area contributed by atoms with Gasteiger partial charge in [-0.25, -0.2) is 8.42 Å². The molecule has 0 saturated carbocycles. The highest BCUT2D eigenvalue weighted by molar-refractivity contribution is 7.89. The summed E-state index contributed by atoms with van der Waals surface area (Å²) in [5.41, 5.74) is 0.509. The summed E-state index contributed by atoms with van der Waals surface area (Å²) in [5, 5.41) is 4.19. The van der Waals surface area contributed by atoms with E-state index in [2.05, 4.69) is 5.10 Å². The number of piperidine rings is 1. The number of sulfonamides is 1. The van der Waals surface area contributed by atoms with Gasteiger partial charge in [0, 0.05) is 25.8 Å². The van der Waals surface area contributed by atoms with E-state index in [0.717, 1.165) is 0 Å². The van der Waals surface area contributed by atoms with Crippen molar-refractivity contribution in [2.45, 2.75) is 45.1 Å². The summed E-state index contributed by atoms with van der Waals surface area (Å²) < 4.78 is 33.5. The van der Waals surface area contributed by atoms with E-state index in [-0.39, 0.29) is 16.8 Å².